The van der Waals surface area contributed by atoms with Crippen molar-refractivity contribution in [3.05, 3.63) is 46.0 Å². The van der Waals surface area contributed by atoms with Crippen LogP contribution in [-0.2, 0) is 11.2 Å². The van der Waals surface area contributed by atoms with Gasteiger partial charge in [0, 0.05) is 17.4 Å². The Morgan fingerprint density at radius 1 is 1.41 bits per heavy atom. The monoisotopic (exact) mass is 364 g/mol. The lowest BCUT2D eigenvalue weighted by atomic mass is 10.1. The molecule has 0 bridgehead atoms. The number of aromatic nitrogens is 2. The Morgan fingerprint density at radius 3 is 2.91 bits per heavy atom. The number of nitrogens with zero attached hydrogens (tertiary/aromatic N) is 3. The lowest BCUT2D eigenvalue weighted by Crippen LogP contribution is -2.35. The SMILES string of the molecule is NCC(=O)N1CCC[C@@H]1c1nc(Cc2ccc(Br)cc2)no1. The van der Waals surface area contributed by atoms with Gasteiger partial charge in [-0.25, -0.2) is 0 Å². The molecule has 1 aromatic heterocycles. The number of rotatable bonds is 4. The lowest BCUT2D eigenvalue weighted by Gasteiger charge is -2.20. The number of hydrogen-bond donors (Lipinski definition) is 1. The largest absolute Gasteiger partial charge is 0.337 e. The zero-order valence-electron chi connectivity index (χ0n) is 12.0. The van der Waals surface area contributed by atoms with Gasteiger partial charge in [-0.05, 0) is 30.5 Å². The quantitative estimate of drug-likeness (QED) is 0.896. The van der Waals surface area contributed by atoms with Crippen molar-refractivity contribution >= 4 is 21.8 Å². The summed E-state index contributed by atoms with van der Waals surface area (Å²) < 4.78 is 6.40. The molecule has 0 saturated carbocycles. The number of amides is 1. The van der Waals surface area contributed by atoms with Crippen LogP contribution in [-0.4, -0.2) is 34.0 Å². The Labute approximate surface area is 136 Å². The van der Waals surface area contributed by atoms with Gasteiger partial charge in [0.15, 0.2) is 5.82 Å². The van der Waals surface area contributed by atoms with Crippen LogP contribution in [0.3, 0.4) is 0 Å². The predicted molar refractivity (Wildman–Crippen MR) is 84.0 cm³/mol. The van der Waals surface area contributed by atoms with Gasteiger partial charge in [0.2, 0.25) is 11.8 Å². The van der Waals surface area contributed by atoms with Crippen molar-refractivity contribution in [2.75, 3.05) is 13.1 Å². The Bertz CT molecular complexity index is 656. The molecule has 22 heavy (non-hydrogen) atoms. The molecule has 6 nitrogen and oxygen atoms in total. The van der Waals surface area contributed by atoms with Crippen LogP contribution < -0.4 is 5.73 Å². The molecular formula is C15H17BrN4O2. The smallest absolute Gasteiger partial charge is 0.249 e. The van der Waals surface area contributed by atoms with Gasteiger partial charge in [-0.2, -0.15) is 4.98 Å². The number of halogens is 1. The van der Waals surface area contributed by atoms with Crippen molar-refractivity contribution in [3.63, 3.8) is 0 Å². The highest BCUT2D eigenvalue weighted by Crippen LogP contribution is 2.30. The van der Waals surface area contributed by atoms with Crippen LogP contribution in [0.5, 0.6) is 0 Å². The molecule has 1 aromatic carbocycles. The first-order valence-corrected chi connectivity index (χ1v) is 8.03. The van der Waals surface area contributed by atoms with Crippen molar-refractivity contribution in [1.82, 2.24) is 15.0 Å². The second kappa shape index (κ2) is 6.58. The summed E-state index contributed by atoms with van der Waals surface area (Å²) in [5, 5.41) is 4.03. The minimum absolute atomic E-state index is 0.0103. The van der Waals surface area contributed by atoms with E-state index in [1.807, 2.05) is 24.3 Å². The van der Waals surface area contributed by atoms with E-state index in [4.69, 9.17) is 10.3 Å². The Balaban J connectivity index is 1.73. The lowest BCUT2D eigenvalue weighted by molar-refractivity contribution is -0.131. The second-order valence-electron chi connectivity index (χ2n) is 5.30. The highest BCUT2D eigenvalue weighted by atomic mass is 79.9. The Morgan fingerprint density at radius 2 is 2.18 bits per heavy atom. The molecule has 1 aliphatic rings. The summed E-state index contributed by atoms with van der Waals surface area (Å²) in [4.78, 5) is 18.0. The molecule has 0 unspecified atom stereocenters. The molecule has 1 aliphatic heterocycles. The summed E-state index contributed by atoms with van der Waals surface area (Å²) >= 11 is 3.41. The summed E-state index contributed by atoms with van der Waals surface area (Å²) in [6.07, 6.45) is 2.38. The maximum atomic E-state index is 11.8. The highest BCUT2D eigenvalue weighted by molar-refractivity contribution is 9.10. The normalized spacial score (nSPS) is 17.9. The van der Waals surface area contributed by atoms with Crippen molar-refractivity contribution in [1.29, 1.82) is 0 Å². The summed E-state index contributed by atoms with van der Waals surface area (Å²) in [5.41, 5.74) is 6.56. The van der Waals surface area contributed by atoms with Crippen LogP contribution in [0.4, 0.5) is 0 Å². The maximum absolute atomic E-state index is 11.8. The van der Waals surface area contributed by atoms with Gasteiger partial charge < -0.3 is 15.2 Å². The van der Waals surface area contributed by atoms with Crippen molar-refractivity contribution in [2.24, 2.45) is 5.73 Å². The standard InChI is InChI=1S/C15H17BrN4O2/c16-11-5-3-10(4-6-11)8-13-18-15(22-19-13)12-2-1-7-20(12)14(21)9-17/h3-6,12H,1-2,7-9,17H2/t12-/m1/s1. The van der Waals surface area contributed by atoms with Gasteiger partial charge in [-0.15, -0.1) is 0 Å². The third kappa shape index (κ3) is 3.20. The number of nitrogens with two attached hydrogens (primary N) is 1. The third-order valence-electron chi connectivity index (χ3n) is 3.79. The fourth-order valence-electron chi connectivity index (χ4n) is 2.70. The van der Waals surface area contributed by atoms with Crippen LogP contribution in [0.1, 0.15) is 36.2 Å². The molecule has 1 atom stereocenters. The molecule has 1 amide bonds. The Kier molecular flexibility index (Phi) is 4.54. The highest BCUT2D eigenvalue weighted by Gasteiger charge is 2.33. The van der Waals surface area contributed by atoms with Crippen LogP contribution in [0.2, 0.25) is 0 Å². The summed E-state index contributed by atoms with van der Waals surface area (Å²) in [5.74, 6) is 1.06. The van der Waals surface area contributed by atoms with Crippen LogP contribution in [0.25, 0.3) is 0 Å². The Hall–Kier alpha value is -1.73. The van der Waals surface area contributed by atoms with Gasteiger partial charge in [0.05, 0.1) is 6.54 Å². The van der Waals surface area contributed by atoms with E-state index in [1.165, 1.54) is 0 Å². The van der Waals surface area contributed by atoms with Crippen LogP contribution in [0, 0.1) is 0 Å². The summed E-state index contributed by atoms with van der Waals surface area (Å²) in [7, 11) is 0. The summed E-state index contributed by atoms with van der Waals surface area (Å²) in [6.45, 7) is 0.710. The van der Waals surface area contributed by atoms with E-state index < -0.39 is 0 Å². The van der Waals surface area contributed by atoms with E-state index in [0.29, 0.717) is 24.7 Å². The molecular weight excluding hydrogens is 348 g/mol. The number of benzene rings is 1. The maximum Gasteiger partial charge on any atom is 0.249 e. The van der Waals surface area contributed by atoms with E-state index in [2.05, 4.69) is 26.1 Å². The number of hydrogen-bond acceptors (Lipinski definition) is 5. The minimum atomic E-state index is -0.137. The fourth-order valence-corrected chi connectivity index (χ4v) is 2.96. The van der Waals surface area contributed by atoms with E-state index >= 15 is 0 Å². The fraction of sp³-hybridized carbons (Fsp3) is 0.400. The molecule has 2 aromatic rings. The van der Waals surface area contributed by atoms with E-state index in [-0.39, 0.29) is 18.5 Å². The third-order valence-corrected chi connectivity index (χ3v) is 4.32. The molecule has 3 rings (SSSR count). The first-order chi connectivity index (χ1) is 10.7. The van der Waals surface area contributed by atoms with Gasteiger partial charge in [0.25, 0.3) is 0 Å². The number of carbonyl (C=O) groups excluding carboxylic acids is 1. The molecule has 0 spiro atoms. The van der Waals surface area contributed by atoms with E-state index in [0.717, 1.165) is 22.9 Å². The first kappa shape index (κ1) is 15.2. The van der Waals surface area contributed by atoms with Crippen LogP contribution >= 0.6 is 15.9 Å². The average molecular weight is 365 g/mol. The minimum Gasteiger partial charge on any atom is -0.337 e. The predicted octanol–water partition coefficient (Wildman–Crippen LogP) is 2.05. The van der Waals surface area contributed by atoms with Crippen molar-refractivity contribution < 1.29 is 9.32 Å². The van der Waals surface area contributed by atoms with Crippen molar-refractivity contribution in [2.45, 2.75) is 25.3 Å². The first-order valence-electron chi connectivity index (χ1n) is 7.24. The molecule has 0 aliphatic carbocycles. The van der Waals surface area contributed by atoms with Crippen LogP contribution in [0.15, 0.2) is 33.3 Å². The zero-order valence-corrected chi connectivity index (χ0v) is 13.6. The average Bonchev–Trinajstić information content (AvgIpc) is 3.17. The zero-order chi connectivity index (χ0) is 15.5. The molecule has 2 N–H and O–H groups in total. The van der Waals surface area contributed by atoms with Crippen molar-refractivity contribution in [3.8, 4) is 0 Å². The second-order valence-corrected chi connectivity index (χ2v) is 6.22. The van der Waals surface area contributed by atoms with E-state index in [9.17, 15) is 4.79 Å². The molecule has 1 saturated heterocycles. The van der Waals surface area contributed by atoms with Gasteiger partial charge in [-0.3, -0.25) is 4.79 Å². The number of carbonyl (C=O) groups is 1. The van der Waals surface area contributed by atoms with Gasteiger partial charge in [0.1, 0.15) is 6.04 Å². The van der Waals surface area contributed by atoms with E-state index in [1.54, 1.807) is 4.90 Å². The topological polar surface area (TPSA) is 85.3 Å². The van der Waals surface area contributed by atoms with Gasteiger partial charge >= 0.3 is 0 Å². The molecule has 0 radical (unpaired) electrons. The molecule has 7 heteroatoms. The van der Waals surface area contributed by atoms with Gasteiger partial charge in [-0.1, -0.05) is 33.2 Å². The summed E-state index contributed by atoms with van der Waals surface area (Å²) in [6, 6.07) is 7.85. The molecule has 116 valence electrons. The molecule has 1 fully saturated rings. The molecule has 2 heterocycles. The number of likely N-dealkylation sites (tertiary alicyclic amines) is 1.